The van der Waals surface area contributed by atoms with Gasteiger partial charge in [0, 0.05) is 18.3 Å². The summed E-state index contributed by atoms with van der Waals surface area (Å²) in [5.74, 6) is 0. The van der Waals surface area contributed by atoms with Gasteiger partial charge in [-0.3, -0.25) is 14.5 Å². The van der Waals surface area contributed by atoms with Gasteiger partial charge in [0.05, 0.1) is 16.0 Å². The second kappa shape index (κ2) is 3.03. The summed E-state index contributed by atoms with van der Waals surface area (Å²) < 4.78 is 1.90. The molecule has 3 rings (SSSR count). The van der Waals surface area contributed by atoms with E-state index in [1.165, 1.54) is 12.1 Å². The van der Waals surface area contributed by atoms with Crippen molar-refractivity contribution < 1.29 is 4.92 Å². The van der Waals surface area contributed by atoms with Gasteiger partial charge in [0.15, 0.2) is 0 Å². The third-order valence-corrected chi connectivity index (χ3v) is 2.50. The van der Waals surface area contributed by atoms with E-state index < -0.39 is 4.92 Å². The molecule has 0 aliphatic heterocycles. The molecule has 0 fully saturated rings. The van der Waals surface area contributed by atoms with E-state index in [4.69, 9.17) is 0 Å². The van der Waals surface area contributed by atoms with E-state index in [1.807, 2.05) is 28.8 Å². The maximum Gasteiger partial charge on any atom is 0.271 e. The lowest BCUT2D eigenvalue weighted by Crippen LogP contribution is -1.87. The van der Waals surface area contributed by atoms with Crippen LogP contribution in [0.15, 0.2) is 42.6 Å². The molecule has 5 heteroatoms. The number of fused-ring (bicyclic) bond motifs is 3. The van der Waals surface area contributed by atoms with Gasteiger partial charge >= 0.3 is 0 Å². The van der Waals surface area contributed by atoms with Gasteiger partial charge in [-0.2, -0.15) is 0 Å². The summed E-state index contributed by atoms with van der Waals surface area (Å²) in [6.45, 7) is 0. The lowest BCUT2D eigenvalue weighted by molar-refractivity contribution is -0.384. The van der Waals surface area contributed by atoms with E-state index in [9.17, 15) is 10.1 Å². The van der Waals surface area contributed by atoms with Gasteiger partial charge < -0.3 is 0 Å². The van der Waals surface area contributed by atoms with E-state index in [-0.39, 0.29) is 5.69 Å². The molecule has 0 amide bonds. The van der Waals surface area contributed by atoms with Crippen molar-refractivity contribution in [3.63, 3.8) is 0 Å². The minimum Gasteiger partial charge on any atom is -0.300 e. The number of nitrogens with zero attached hydrogens (tertiary/aromatic N) is 3. The van der Waals surface area contributed by atoms with Crippen LogP contribution in [0.4, 0.5) is 5.69 Å². The van der Waals surface area contributed by atoms with Crippen LogP contribution in [0, 0.1) is 10.1 Å². The van der Waals surface area contributed by atoms with Crippen LogP contribution in [-0.4, -0.2) is 14.3 Å². The van der Waals surface area contributed by atoms with Gasteiger partial charge in [-0.15, -0.1) is 0 Å². The van der Waals surface area contributed by atoms with Gasteiger partial charge in [0.1, 0.15) is 5.65 Å². The zero-order valence-electron chi connectivity index (χ0n) is 8.20. The highest BCUT2D eigenvalue weighted by Crippen LogP contribution is 2.21. The van der Waals surface area contributed by atoms with Crippen molar-refractivity contribution in [3.8, 4) is 0 Å². The number of benzene rings is 1. The summed E-state index contributed by atoms with van der Waals surface area (Å²) in [5, 5.41) is 10.6. The molecule has 78 valence electrons. The summed E-state index contributed by atoms with van der Waals surface area (Å²) in [6, 6.07) is 10.3. The zero-order valence-corrected chi connectivity index (χ0v) is 8.20. The van der Waals surface area contributed by atoms with Crippen molar-refractivity contribution in [1.29, 1.82) is 0 Å². The quantitative estimate of drug-likeness (QED) is 0.460. The van der Waals surface area contributed by atoms with Crippen LogP contribution in [0.1, 0.15) is 0 Å². The number of pyridine rings is 1. The third kappa shape index (κ3) is 1.15. The molecule has 0 aliphatic rings. The Bertz CT molecular complexity index is 703. The molecule has 0 bridgehead atoms. The molecule has 0 saturated carbocycles. The van der Waals surface area contributed by atoms with Crippen molar-refractivity contribution in [2.75, 3.05) is 0 Å². The lowest BCUT2D eigenvalue weighted by Gasteiger charge is -1.93. The van der Waals surface area contributed by atoms with Gasteiger partial charge in [-0.05, 0) is 18.2 Å². The molecule has 0 N–H and O–H groups in total. The highest BCUT2D eigenvalue weighted by atomic mass is 16.6. The fourth-order valence-corrected chi connectivity index (χ4v) is 1.77. The molecule has 0 saturated heterocycles. The SMILES string of the molecule is O=[N+]([O-])c1ccc2c(c1)nc1ccccn12. The Balaban J connectivity index is 2.41. The van der Waals surface area contributed by atoms with Crippen molar-refractivity contribution in [2.24, 2.45) is 0 Å². The van der Waals surface area contributed by atoms with Crippen molar-refractivity contribution >= 4 is 22.4 Å². The smallest absolute Gasteiger partial charge is 0.271 e. The average molecular weight is 213 g/mol. The summed E-state index contributed by atoms with van der Waals surface area (Å²) in [4.78, 5) is 14.5. The monoisotopic (exact) mass is 213 g/mol. The van der Waals surface area contributed by atoms with E-state index in [0.717, 1.165) is 11.2 Å². The molecule has 0 unspecified atom stereocenters. The first kappa shape index (κ1) is 8.84. The molecular weight excluding hydrogens is 206 g/mol. The Hall–Kier alpha value is -2.43. The standard InChI is InChI=1S/C11H7N3O2/c15-14(16)8-4-5-10-9(7-8)12-11-3-1-2-6-13(10)11/h1-7H. The van der Waals surface area contributed by atoms with E-state index in [2.05, 4.69) is 4.98 Å². The summed E-state index contributed by atoms with van der Waals surface area (Å²) >= 11 is 0. The molecule has 0 atom stereocenters. The van der Waals surface area contributed by atoms with E-state index in [0.29, 0.717) is 5.52 Å². The zero-order chi connectivity index (χ0) is 11.1. The molecule has 3 aromatic rings. The molecule has 0 aliphatic carbocycles. The number of nitro benzene ring substituents is 1. The third-order valence-electron chi connectivity index (χ3n) is 2.50. The Morgan fingerprint density at radius 1 is 1.25 bits per heavy atom. The molecule has 0 spiro atoms. The second-order valence-electron chi connectivity index (χ2n) is 3.47. The molecular formula is C11H7N3O2. The second-order valence-corrected chi connectivity index (χ2v) is 3.47. The number of nitro groups is 1. The van der Waals surface area contributed by atoms with Gasteiger partial charge in [-0.1, -0.05) is 6.07 Å². The minimum atomic E-state index is -0.413. The molecule has 2 heterocycles. The highest BCUT2D eigenvalue weighted by molar-refractivity contribution is 5.82. The molecule has 2 aromatic heterocycles. The normalized spacial score (nSPS) is 11.0. The first-order valence-corrected chi connectivity index (χ1v) is 4.77. The fraction of sp³-hybridized carbons (Fsp3) is 0. The predicted molar refractivity (Wildman–Crippen MR) is 59.4 cm³/mol. The number of rotatable bonds is 1. The lowest BCUT2D eigenvalue weighted by atomic mass is 10.3. The van der Waals surface area contributed by atoms with Crippen molar-refractivity contribution in [2.45, 2.75) is 0 Å². The van der Waals surface area contributed by atoms with Crippen molar-refractivity contribution in [3.05, 3.63) is 52.7 Å². The Labute approximate surface area is 90.1 Å². The largest absolute Gasteiger partial charge is 0.300 e. The molecule has 0 radical (unpaired) electrons. The van der Waals surface area contributed by atoms with Gasteiger partial charge in [0.2, 0.25) is 0 Å². The fourth-order valence-electron chi connectivity index (χ4n) is 1.77. The number of imidazole rings is 1. The first-order valence-electron chi connectivity index (χ1n) is 4.77. The Morgan fingerprint density at radius 2 is 2.12 bits per heavy atom. The van der Waals surface area contributed by atoms with Crippen LogP contribution in [0.5, 0.6) is 0 Å². The maximum absolute atomic E-state index is 10.6. The van der Waals surface area contributed by atoms with Crippen LogP contribution >= 0.6 is 0 Å². The minimum absolute atomic E-state index is 0.0657. The van der Waals surface area contributed by atoms with Crippen LogP contribution in [0.2, 0.25) is 0 Å². The van der Waals surface area contributed by atoms with Crippen LogP contribution < -0.4 is 0 Å². The van der Waals surface area contributed by atoms with Crippen LogP contribution in [-0.2, 0) is 0 Å². The molecule has 16 heavy (non-hydrogen) atoms. The average Bonchev–Trinajstić information content (AvgIpc) is 2.66. The molecule has 1 aromatic carbocycles. The Morgan fingerprint density at radius 3 is 2.94 bits per heavy atom. The number of aromatic nitrogens is 2. The van der Waals surface area contributed by atoms with Gasteiger partial charge in [-0.25, -0.2) is 4.98 Å². The molecule has 5 nitrogen and oxygen atoms in total. The Kier molecular flexibility index (Phi) is 1.67. The number of hydrogen-bond donors (Lipinski definition) is 0. The summed E-state index contributed by atoms with van der Waals surface area (Å²) in [7, 11) is 0. The predicted octanol–water partition coefficient (Wildman–Crippen LogP) is 2.40. The summed E-state index contributed by atoms with van der Waals surface area (Å²) in [6.07, 6.45) is 1.89. The first-order chi connectivity index (χ1) is 7.75. The van der Waals surface area contributed by atoms with E-state index in [1.54, 1.807) is 6.07 Å². The number of non-ortho nitro benzene ring substituents is 1. The summed E-state index contributed by atoms with van der Waals surface area (Å²) in [5.41, 5.74) is 2.37. The number of hydrogen-bond acceptors (Lipinski definition) is 3. The van der Waals surface area contributed by atoms with Crippen LogP contribution in [0.25, 0.3) is 16.7 Å². The highest BCUT2D eigenvalue weighted by Gasteiger charge is 2.09. The van der Waals surface area contributed by atoms with Crippen molar-refractivity contribution in [1.82, 2.24) is 9.38 Å². The van der Waals surface area contributed by atoms with Gasteiger partial charge in [0.25, 0.3) is 5.69 Å². The van der Waals surface area contributed by atoms with E-state index >= 15 is 0 Å². The topological polar surface area (TPSA) is 60.4 Å². The van der Waals surface area contributed by atoms with Crippen LogP contribution in [0.3, 0.4) is 0 Å². The maximum atomic E-state index is 10.6.